The summed E-state index contributed by atoms with van der Waals surface area (Å²) in [7, 11) is -1.48. The van der Waals surface area contributed by atoms with Crippen LogP contribution in [0.4, 0.5) is 0 Å². The quantitative estimate of drug-likeness (QED) is 0.126. The van der Waals surface area contributed by atoms with Gasteiger partial charge in [0.2, 0.25) is 0 Å². The third kappa shape index (κ3) is 14.8. The zero-order chi connectivity index (χ0) is 89.0. The Morgan fingerprint density at radius 3 is 0.868 bits per heavy atom. The van der Waals surface area contributed by atoms with Gasteiger partial charge < -0.3 is 37.4 Å². The van der Waals surface area contributed by atoms with Gasteiger partial charge >= 0.3 is 21.1 Å². The molecule has 0 amide bonds. The highest BCUT2D eigenvalue weighted by molar-refractivity contribution is 9.10. The van der Waals surface area contributed by atoms with E-state index in [2.05, 4.69) is 232 Å². The van der Waals surface area contributed by atoms with E-state index in [4.69, 9.17) is 78.9 Å². The molecule has 7 aliphatic rings. The highest BCUT2D eigenvalue weighted by atomic mass is 79.9. The van der Waals surface area contributed by atoms with Gasteiger partial charge in [0.15, 0.2) is 34.9 Å². The lowest BCUT2D eigenvalue weighted by atomic mass is 9.49. The van der Waals surface area contributed by atoms with Gasteiger partial charge in [0.1, 0.15) is 23.0 Å². The lowest BCUT2D eigenvalue weighted by Gasteiger charge is -2.39. The first-order valence-electron chi connectivity index (χ1n) is 43.8. The van der Waals surface area contributed by atoms with Gasteiger partial charge in [-0.2, -0.15) is 0 Å². The van der Waals surface area contributed by atoms with Crippen LogP contribution < -0.4 is 14.9 Å². The minimum Gasteiger partial charge on any atom is -0.457 e. The molecule has 5 aliphatic heterocycles. The van der Waals surface area contributed by atoms with Crippen LogP contribution in [0.25, 0.3) is 102 Å². The molecule has 14 aromatic carbocycles. The number of hydrogen-bond acceptors (Lipinski definition) is 14. The molecule has 0 N–H and O–H groups in total. The summed E-state index contributed by atoms with van der Waals surface area (Å²) in [5, 5.41) is 0.672. The van der Waals surface area contributed by atoms with Gasteiger partial charge in [0.05, 0.1) is 44.4 Å². The van der Waals surface area contributed by atoms with Crippen molar-refractivity contribution in [1.82, 2.24) is 29.9 Å². The van der Waals surface area contributed by atoms with Crippen LogP contribution >= 0.6 is 27.5 Å². The Hall–Kier alpha value is -12.6. The van der Waals surface area contributed by atoms with E-state index in [1.54, 1.807) is 0 Å². The van der Waals surface area contributed by atoms with Crippen molar-refractivity contribution in [1.29, 1.82) is 0 Å². The molecule has 0 atom stereocenters. The van der Waals surface area contributed by atoms with E-state index in [-0.39, 0.29) is 22.4 Å². The third-order valence-corrected chi connectivity index (χ3v) is 27.8. The molecular formula is C110H93B3BrClN6O8. The predicted octanol–water partition coefficient (Wildman–Crippen LogP) is 26.0. The molecule has 14 nitrogen and oxygen atoms in total. The maximum absolute atomic E-state index is 6.76. The molecule has 23 rings (SSSR count). The van der Waals surface area contributed by atoms with Gasteiger partial charge in [-0.25, -0.2) is 29.9 Å². The van der Waals surface area contributed by atoms with E-state index < -0.39 is 43.2 Å². The molecule has 634 valence electrons. The molecule has 2 aliphatic carbocycles. The zero-order valence-electron chi connectivity index (χ0n) is 73.8. The lowest BCUT2D eigenvalue weighted by molar-refractivity contribution is 0.00578. The fraction of sp³-hybridized carbons (Fsp3) is 0.182. The standard InChI is InChI=1S/C46H36BN3O3.C40H24ClN3O.C12H24B2O4.C12H9Br/c1-44(2)45(3,4)53-47(52-44)31-26-27-34-33(28-31)40-32(43-49-41(29-16-7-5-8-17-29)48-42(50-43)30-18-9-6-10-19-30)20-15-23-37(40)46(34)35-21-11-13-24-38(35)51-39-25-14-12-22-36(39)46;41-27-22-23-30-29(24-27)36-28(39-43-37(25-12-3-1-4-13-25)42-38(44-39)26-14-5-2-6-15-26)16-11-19-33(36)40(30)31-17-7-9-20-34(31)45-35-21-10-8-18-32(35)40;1-9(2)10(3,4)16-13(15-9)14-17-11(5,6)12(7,8)18-14;13-12-8-6-11(7-9-12)10-4-2-1-3-5-10/h5-28H,1-4H3;1-24H;1-8H3;1-9H. The number of fused-ring (bicyclic) bond motifs is 18. The number of rotatable bonds is 9. The largest absolute Gasteiger partial charge is 0.494 e. The molecule has 16 aromatic rings. The second kappa shape index (κ2) is 32.9. The summed E-state index contributed by atoms with van der Waals surface area (Å²) in [6.45, 7) is 24.6. The van der Waals surface area contributed by atoms with E-state index in [9.17, 15) is 0 Å². The zero-order valence-corrected chi connectivity index (χ0v) is 76.2. The molecule has 0 unspecified atom stereocenters. The molecule has 3 saturated heterocycles. The van der Waals surface area contributed by atoms with Gasteiger partial charge in [0.25, 0.3) is 0 Å². The second-order valence-corrected chi connectivity index (χ2v) is 37.8. The van der Waals surface area contributed by atoms with Crippen LogP contribution in [-0.2, 0) is 38.8 Å². The van der Waals surface area contributed by atoms with Gasteiger partial charge in [0, 0.05) is 65.1 Å². The van der Waals surface area contributed by atoms with Crippen molar-refractivity contribution in [2.24, 2.45) is 0 Å². The number of hydrogen-bond donors (Lipinski definition) is 0. The molecule has 2 aromatic heterocycles. The van der Waals surface area contributed by atoms with E-state index in [1.807, 2.05) is 213 Å². The smallest absolute Gasteiger partial charge is 0.457 e. The summed E-state index contributed by atoms with van der Waals surface area (Å²) in [5.41, 5.74) is 18.6. The third-order valence-electron chi connectivity index (χ3n) is 27.0. The SMILES string of the molecule is Brc1ccc(-c2ccccc2)cc1.CC1(C)OB(B2OC(C)(C)C(C)(C)O2)OC1(C)C.CC1(C)OB(c2ccc3c(c2)-c2c(-c4nc(-c5ccccc5)nc(-c5ccccc5)n4)cccc2C32c3ccccc3Oc3ccccc32)OC1(C)C.Clc1ccc2c(c1)-c1c(-c3nc(-c4ccccc4)nc(-c4ccccc4)n3)cccc1C21c2ccccc2Oc2ccccc21. The van der Waals surface area contributed by atoms with E-state index in [1.165, 1.54) is 11.1 Å². The Labute approximate surface area is 768 Å². The van der Waals surface area contributed by atoms with Crippen LogP contribution in [0.15, 0.2) is 350 Å². The number of benzene rings is 14. The van der Waals surface area contributed by atoms with Crippen molar-refractivity contribution >= 4 is 54.1 Å². The molecule has 0 radical (unpaired) electrons. The Bertz CT molecular complexity index is 6690. The average molecular weight is 1770 g/mol. The summed E-state index contributed by atoms with van der Waals surface area (Å²) in [5.74, 6) is 7.05. The predicted molar refractivity (Wildman–Crippen MR) is 519 cm³/mol. The van der Waals surface area contributed by atoms with Crippen LogP contribution in [0.3, 0.4) is 0 Å². The summed E-state index contributed by atoms with van der Waals surface area (Å²) in [6, 6.07) is 118. The van der Waals surface area contributed by atoms with Crippen LogP contribution in [0.2, 0.25) is 5.02 Å². The fourth-order valence-corrected chi connectivity index (χ4v) is 19.0. The Morgan fingerprint density at radius 2 is 0.519 bits per heavy atom. The Balaban J connectivity index is 0.000000123. The first-order chi connectivity index (χ1) is 62.2. The summed E-state index contributed by atoms with van der Waals surface area (Å²) in [6.07, 6.45) is 0. The van der Waals surface area contributed by atoms with Crippen LogP contribution in [0.5, 0.6) is 23.0 Å². The topological polar surface area (TPSA) is 151 Å². The highest BCUT2D eigenvalue weighted by Gasteiger charge is 2.64. The molecule has 0 saturated carbocycles. The molecular weight excluding hydrogens is 1680 g/mol. The van der Waals surface area contributed by atoms with Gasteiger partial charge in [-0.1, -0.05) is 325 Å². The van der Waals surface area contributed by atoms with Crippen LogP contribution in [0, 0.1) is 0 Å². The molecule has 3 fully saturated rings. The van der Waals surface area contributed by atoms with Gasteiger partial charge in [-0.15, -0.1) is 0 Å². The summed E-state index contributed by atoms with van der Waals surface area (Å²) >= 11 is 10.2. The fourth-order valence-electron chi connectivity index (χ4n) is 18.5. The molecule has 2 spiro atoms. The lowest BCUT2D eigenvalue weighted by Crippen LogP contribution is -2.41. The number of nitrogens with zero attached hydrogens (tertiary/aromatic N) is 6. The van der Waals surface area contributed by atoms with E-state index in [0.29, 0.717) is 40.0 Å². The van der Waals surface area contributed by atoms with Crippen molar-refractivity contribution in [3.05, 3.63) is 400 Å². The molecule has 129 heavy (non-hydrogen) atoms. The normalized spacial score (nSPS) is 17.0. The van der Waals surface area contributed by atoms with Crippen molar-refractivity contribution in [2.75, 3.05) is 0 Å². The first-order valence-corrected chi connectivity index (χ1v) is 45.0. The van der Waals surface area contributed by atoms with Crippen LogP contribution in [0.1, 0.15) is 128 Å². The van der Waals surface area contributed by atoms with E-state index >= 15 is 0 Å². The number of halogens is 2. The van der Waals surface area contributed by atoms with Crippen molar-refractivity contribution in [2.45, 2.75) is 128 Å². The average Bonchev–Trinajstić information content (AvgIpc) is 1.53. The number of para-hydroxylation sites is 4. The van der Waals surface area contributed by atoms with E-state index in [0.717, 1.165) is 133 Å². The molecule has 0 bridgehead atoms. The van der Waals surface area contributed by atoms with Crippen molar-refractivity contribution in [3.63, 3.8) is 0 Å². The monoisotopic (exact) mass is 1770 g/mol. The number of ether oxygens (including phenoxy) is 2. The minimum atomic E-state index is -0.669. The summed E-state index contributed by atoms with van der Waals surface area (Å²) in [4.78, 5) is 30.6. The number of aromatic nitrogens is 6. The molecule has 7 heterocycles. The van der Waals surface area contributed by atoms with Crippen LogP contribution in [-0.4, -0.2) is 84.6 Å². The second-order valence-electron chi connectivity index (χ2n) is 36.4. The molecule has 19 heteroatoms. The summed E-state index contributed by atoms with van der Waals surface area (Å²) < 4.78 is 51.3. The first kappa shape index (κ1) is 84.6. The van der Waals surface area contributed by atoms with Crippen molar-refractivity contribution in [3.8, 4) is 125 Å². The minimum absolute atomic E-state index is 0.360. The van der Waals surface area contributed by atoms with Crippen molar-refractivity contribution < 1.29 is 37.4 Å². The maximum Gasteiger partial charge on any atom is 0.494 e. The highest BCUT2D eigenvalue weighted by Crippen LogP contribution is 2.66. The Kier molecular flexibility index (Phi) is 21.5. The Morgan fingerprint density at radius 1 is 0.240 bits per heavy atom. The maximum atomic E-state index is 6.76. The van der Waals surface area contributed by atoms with Gasteiger partial charge in [-0.05, 0) is 193 Å². The van der Waals surface area contributed by atoms with Gasteiger partial charge in [-0.3, -0.25) is 0 Å².